The summed E-state index contributed by atoms with van der Waals surface area (Å²) in [6.45, 7) is 8.52. The highest BCUT2D eigenvalue weighted by Crippen LogP contribution is 2.24. The van der Waals surface area contributed by atoms with Crippen molar-refractivity contribution in [1.29, 1.82) is 5.41 Å². The van der Waals surface area contributed by atoms with E-state index < -0.39 is 0 Å². The lowest BCUT2D eigenvalue weighted by Gasteiger charge is -2.26. The van der Waals surface area contributed by atoms with E-state index in [1.54, 1.807) is 6.20 Å². The van der Waals surface area contributed by atoms with Crippen molar-refractivity contribution in [3.8, 4) is 0 Å². The van der Waals surface area contributed by atoms with Crippen molar-refractivity contribution in [3.63, 3.8) is 0 Å². The number of aromatic nitrogens is 1. The smallest absolute Gasteiger partial charge is 0.139 e. The summed E-state index contributed by atoms with van der Waals surface area (Å²) in [6.07, 6.45) is 2.92. The van der Waals surface area contributed by atoms with Gasteiger partial charge in [-0.15, -0.1) is 0 Å². The first-order valence-electron chi connectivity index (χ1n) is 6.95. The number of pyridine rings is 1. The fraction of sp³-hybridized carbons (Fsp3) is 0.571. The van der Waals surface area contributed by atoms with Gasteiger partial charge in [-0.3, -0.25) is 10.3 Å². The van der Waals surface area contributed by atoms with E-state index in [2.05, 4.69) is 28.6 Å². The Labute approximate surface area is 114 Å². The molecule has 1 saturated heterocycles. The topological polar surface area (TPSA) is 69.2 Å². The fourth-order valence-corrected chi connectivity index (χ4v) is 2.83. The molecule has 5 heteroatoms. The monoisotopic (exact) mass is 261 g/mol. The maximum absolute atomic E-state index is 7.65. The Bertz CT molecular complexity index is 441. The van der Waals surface area contributed by atoms with Crippen LogP contribution in [0.3, 0.4) is 0 Å². The van der Waals surface area contributed by atoms with Crippen molar-refractivity contribution in [2.24, 2.45) is 5.73 Å². The van der Waals surface area contributed by atoms with E-state index in [4.69, 9.17) is 11.1 Å². The van der Waals surface area contributed by atoms with E-state index in [1.165, 1.54) is 0 Å². The van der Waals surface area contributed by atoms with Crippen molar-refractivity contribution < 1.29 is 0 Å². The summed E-state index contributed by atoms with van der Waals surface area (Å²) in [5.74, 6) is 0.944. The molecule has 104 valence electrons. The van der Waals surface area contributed by atoms with Crippen LogP contribution in [-0.4, -0.2) is 47.9 Å². The second kappa shape index (κ2) is 6.02. The van der Waals surface area contributed by atoms with Crippen LogP contribution in [0, 0.1) is 5.41 Å². The summed E-state index contributed by atoms with van der Waals surface area (Å²) >= 11 is 0. The molecule has 3 N–H and O–H groups in total. The zero-order valence-corrected chi connectivity index (χ0v) is 11.8. The number of nitrogens with zero attached hydrogens (tertiary/aromatic N) is 3. The zero-order valence-electron chi connectivity index (χ0n) is 11.8. The van der Waals surface area contributed by atoms with Gasteiger partial charge in [0.2, 0.25) is 0 Å². The van der Waals surface area contributed by atoms with Gasteiger partial charge in [0.1, 0.15) is 11.7 Å². The van der Waals surface area contributed by atoms with Gasteiger partial charge >= 0.3 is 0 Å². The molecule has 0 radical (unpaired) electrons. The molecule has 5 nitrogen and oxygen atoms in total. The number of amidine groups is 1. The lowest BCUT2D eigenvalue weighted by Crippen LogP contribution is -2.37. The van der Waals surface area contributed by atoms with Gasteiger partial charge in [-0.25, -0.2) is 4.98 Å². The zero-order chi connectivity index (χ0) is 13.8. The average molecular weight is 261 g/mol. The predicted molar refractivity (Wildman–Crippen MR) is 78.8 cm³/mol. The van der Waals surface area contributed by atoms with Gasteiger partial charge in [0.15, 0.2) is 0 Å². The van der Waals surface area contributed by atoms with E-state index in [9.17, 15) is 0 Å². The summed E-state index contributed by atoms with van der Waals surface area (Å²) in [5, 5.41) is 7.65. The molecule has 2 heterocycles. The molecule has 0 amide bonds. The standard InChI is InChI=1S/C14H23N5/c1-3-18(4-2)11-7-9-19(10-11)14-12(13(15)16)6-5-8-17-14/h5-6,8,11H,3-4,7,9-10H2,1-2H3,(H3,15,16). The van der Waals surface area contributed by atoms with Crippen LogP contribution in [0.2, 0.25) is 0 Å². The molecule has 1 aromatic rings. The van der Waals surface area contributed by atoms with Gasteiger partial charge in [0.25, 0.3) is 0 Å². The number of hydrogen-bond donors (Lipinski definition) is 2. The van der Waals surface area contributed by atoms with Crippen molar-refractivity contribution in [1.82, 2.24) is 9.88 Å². The molecule has 1 aliphatic heterocycles. The van der Waals surface area contributed by atoms with Crippen LogP contribution in [0.4, 0.5) is 5.82 Å². The molecule has 0 spiro atoms. The average Bonchev–Trinajstić information content (AvgIpc) is 2.89. The van der Waals surface area contributed by atoms with Crippen LogP contribution < -0.4 is 10.6 Å². The molecule has 0 aliphatic carbocycles. The number of rotatable bonds is 5. The molecule has 1 atom stereocenters. The predicted octanol–water partition coefficient (Wildman–Crippen LogP) is 1.29. The van der Waals surface area contributed by atoms with Crippen LogP contribution in [0.25, 0.3) is 0 Å². The summed E-state index contributed by atoms with van der Waals surface area (Å²) < 4.78 is 0. The maximum Gasteiger partial charge on any atom is 0.139 e. The summed E-state index contributed by atoms with van der Waals surface area (Å²) in [7, 11) is 0. The molecule has 0 bridgehead atoms. The molecular weight excluding hydrogens is 238 g/mol. The molecule has 1 fully saturated rings. The molecule has 19 heavy (non-hydrogen) atoms. The first-order chi connectivity index (χ1) is 9.17. The normalized spacial score (nSPS) is 19.1. The van der Waals surface area contributed by atoms with E-state index >= 15 is 0 Å². The van der Waals surface area contributed by atoms with E-state index in [0.29, 0.717) is 6.04 Å². The second-order valence-electron chi connectivity index (χ2n) is 4.90. The van der Waals surface area contributed by atoms with Gasteiger partial charge in [0.05, 0.1) is 5.56 Å². The molecule has 0 aromatic carbocycles. The lowest BCUT2D eigenvalue weighted by molar-refractivity contribution is 0.232. The van der Waals surface area contributed by atoms with E-state index in [1.807, 2.05) is 12.1 Å². The van der Waals surface area contributed by atoms with Crippen LogP contribution in [-0.2, 0) is 0 Å². The highest BCUT2D eigenvalue weighted by atomic mass is 15.3. The lowest BCUT2D eigenvalue weighted by atomic mass is 10.2. The third-order valence-corrected chi connectivity index (χ3v) is 3.87. The number of nitrogen functional groups attached to an aromatic ring is 1. The van der Waals surface area contributed by atoms with E-state index in [-0.39, 0.29) is 5.84 Å². The van der Waals surface area contributed by atoms with Crippen LogP contribution in [0.1, 0.15) is 25.8 Å². The van der Waals surface area contributed by atoms with Crippen molar-refractivity contribution >= 4 is 11.7 Å². The Morgan fingerprint density at radius 2 is 2.26 bits per heavy atom. The Hall–Kier alpha value is -1.62. The van der Waals surface area contributed by atoms with Gasteiger partial charge in [-0.05, 0) is 31.6 Å². The number of likely N-dealkylation sites (N-methyl/N-ethyl adjacent to an activating group) is 1. The molecule has 1 unspecified atom stereocenters. The fourth-order valence-electron chi connectivity index (χ4n) is 2.83. The number of hydrogen-bond acceptors (Lipinski definition) is 4. The van der Waals surface area contributed by atoms with Crippen molar-refractivity contribution in [3.05, 3.63) is 23.9 Å². The number of nitrogens with two attached hydrogens (primary N) is 1. The maximum atomic E-state index is 7.65. The largest absolute Gasteiger partial charge is 0.384 e. The first-order valence-corrected chi connectivity index (χ1v) is 6.95. The minimum Gasteiger partial charge on any atom is -0.384 e. The third-order valence-electron chi connectivity index (χ3n) is 3.87. The number of nitrogens with one attached hydrogen (secondary N) is 1. The second-order valence-corrected chi connectivity index (χ2v) is 4.90. The van der Waals surface area contributed by atoms with Crippen LogP contribution >= 0.6 is 0 Å². The highest BCUT2D eigenvalue weighted by molar-refractivity contribution is 5.99. The summed E-state index contributed by atoms with van der Waals surface area (Å²) in [4.78, 5) is 9.15. The van der Waals surface area contributed by atoms with Crippen molar-refractivity contribution in [2.45, 2.75) is 26.3 Å². The Kier molecular flexibility index (Phi) is 4.37. The van der Waals surface area contributed by atoms with Gasteiger partial charge in [0, 0.05) is 25.3 Å². The van der Waals surface area contributed by atoms with E-state index in [0.717, 1.165) is 44.0 Å². The first kappa shape index (κ1) is 13.8. The summed E-state index contributed by atoms with van der Waals surface area (Å²) in [5.41, 5.74) is 6.37. The molecule has 0 saturated carbocycles. The highest BCUT2D eigenvalue weighted by Gasteiger charge is 2.28. The Morgan fingerprint density at radius 1 is 1.53 bits per heavy atom. The van der Waals surface area contributed by atoms with Crippen molar-refractivity contribution in [2.75, 3.05) is 31.1 Å². The molecular formula is C14H23N5. The number of anilines is 1. The van der Waals surface area contributed by atoms with Gasteiger partial charge in [-0.2, -0.15) is 0 Å². The molecule has 2 rings (SSSR count). The quantitative estimate of drug-likeness (QED) is 0.619. The van der Waals surface area contributed by atoms with Gasteiger partial charge in [-0.1, -0.05) is 13.8 Å². The molecule has 1 aromatic heterocycles. The Balaban J connectivity index is 2.15. The Morgan fingerprint density at radius 3 is 2.89 bits per heavy atom. The van der Waals surface area contributed by atoms with Crippen LogP contribution in [0.15, 0.2) is 18.3 Å². The van der Waals surface area contributed by atoms with Gasteiger partial charge < -0.3 is 10.6 Å². The SMILES string of the molecule is CCN(CC)C1CCN(c2ncccc2C(=N)N)C1. The minimum atomic E-state index is 0.0920. The summed E-state index contributed by atoms with van der Waals surface area (Å²) in [6, 6.07) is 4.28. The third kappa shape index (κ3) is 2.87. The minimum absolute atomic E-state index is 0.0920. The van der Waals surface area contributed by atoms with Crippen LogP contribution in [0.5, 0.6) is 0 Å². The molecule has 1 aliphatic rings.